The lowest BCUT2D eigenvalue weighted by atomic mass is 9.67. The molecule has 2 N–H and O–H groups in total. The van der Waals surface area contributed by atoms with Crippen LogP contribution in [0.25, 0.3) is 0 Å². The van der Waals surface area contributed by atoms with Crippen molar-refractivity contribution in [2.75, 3.05) is 40.5 Å². The van der Waals surface area contributed by atoms with Gasteiger partial charge in [-0.05, 0) is 48.8 Å². The Kier molecular flexibility index (Phi) is 11.2. The molecule has 27 heavy (non-hydrogen) atoms. The Morgan fingerprint density at radius 2 is 2.00 bits per heavy atom. The molecule has 0 saturated heterocycles. The molecule has 0 aromatic heterocycles. The van der Waals surface area contributed by atoms with Gasteiger partial charge in [-0.2, -0.15) is 0 Å². The number of guanidine groups is 1. The van der Waals surface area contributed by atoms with Crippen molar-refractivity contribution in [2.45, 2.75) is 32.1 Å². The topological polar surface area (TPSA) is 54.9 Å². The van der Waals surface area contributed by atoms with Crippen molar-refractivity contribution in [3.63, 3.8) is 0 Å². The van der Waals surface area contributed by atoms with Crippen LogP contribution in [0.1, 0.15) is 31.2 Å². The van der Waals surface area contributed by atoms with E-state index in [4.69, 9.17) is 15.9 Å². The first-order valence-electron chi connectivity index (χ1n) is 9.30. The molecule has 0 amide bonds. The highest BCUT2D eigenvalue weighted by atomic mass is 127. The summed E-state index contributed by atoms with van der Waals surface area (Å²) in [6.45, 7) is 2.91. The summed E-state index contributed by atoms with van der Waals surface area (Å²) in [5, 5.41) is 6.88. The Labute approximate surface area is 180 Å². The fraction of sp³-hybridized carbons (Fsp3) is 0.571. The van der Waals surface area contributed by atoms with E-state index in [1.54, 1.807) is 7.11 Å². The maximum Gasteiger partial charge on any atom is 0.191 e. The predicted octanol–water partition coefficient (Wildman–Crippen LogP) is 3.23. The van der Waals surface area contributed by atoms with E-state index >= 15 is 0 Å². The number of hydrogen-bond acceptors (Lipinski definition) is 3. The minimum Gasteiger partial charge on any atom is -0.481 e. The van der Waals surface area contributed by atoms with Crippen LogP contribution in [0.2, 0.25) is 0 Å². The fourth-order valence-corrected chi connectivity index (χ4v) is 3.20. The second-order valence-corrected chi connectivity index (χ2v) is 6.84. The molecule has 2 rings (SSSR count). The summed E-state index contributed by atoms with van der Waals surface area (Å²) >= 11 is 0. The average molecular weight is 485 g/mol. The largest absolute Gasteiger partial charge is 0.481 e. The molecule has 0 aliphatic heterocycles. The van der Waals surface area contributed by atoms with Gasteiger partial charge in [-0.1, -0.05) is 24.5 Å². The molecule has 1 aliphatic rings. The number of terminal acetylenes is 1. The first-order valence-corrected chi connectivity index (χ1v) is 9.30. The molecular weight excluding hydrogens is 453 g/mol. The molecule has 0 heterocycles. The Hall–Kier alpha value is -1.46. The zero-order valence-corrected chi connectivity index (χ0v) is 18.8. The molecule has 1 aromatic carbocycles. The van der Waals surface area contributed by atoms with Crippen molar-refractivity contribution in [1.82, 2.24) is 10.6 Å². The van der Waals surface area contributed by atoms with Gasteiger partial charge >= 0.3 is 0 Å². The molecule has 1 aliphatic carbocycles. The van der Waals surface area contributed by atoms with Gasteiger partial charge in [0.15, 0.2) is 5.96 Å². The van der Waals surface area contributed by atoms with Crippen LogP contribution in [-0.2, 0) is 11.2 Å². The smallest absolute Gasteiger partial charge is 0.191 e. The summed E-state index contributed by atoms with van der Waals surface area (Å²) in [6.07, 6.45) is 11.1. The number of methoxy groups -OCH3 is 1. The number of benzene rings is 1. The minimum absolute atomic E-state index is 0. The summed E-state index contributed by atoms with van der Waals surface area (Å²) in [7, 11) is 3.59. The quantitative estimate of drug-likeness (QED) is 0.231. The highest BCUT2D eigenvalue weighted by Gasteiger charge is 2.36. The maximum atomic E-state index is 5.39. The number of ether oxygens (including phenoxy) is 2. The molecular formula is C21H32IN3O2. The standard InChI is InChI=1S/C21H31N3O2.HI/c1-4-15-26-19-8-6-18(7-9-19)10-14-23-20(22-2)24-17-21(11-5-12-21)13-16-25-3;/h1,6-9H,5,10-17H2,2-3H3,(H2,22,23,24);1H. The summed E-state index contributed by atoms with van der Waals surface area (Å²) in [6, 6.07) is 8.04. The Balaban J connectivity index is 0.00000364. The van der Waals surface area contributed by atoms with Crippen LogP contribution in [0.4, 0.5) is 0 Å². The van der Waals surface area contributed by atoms with Crippen LogP contribution in [0.3, 0.4) is 0 Å². The zero-order valence-electron chi connectivity index (χ0n) is 16.4. The molecule has 1 saturated carbocycles. The van der Waals surface area contributed by atoms with E-state index in [0.717, 1.165) is 44.2 Å². The normalized spacial score (nSPS) is 15.1. The number of halogens is 1. The second-order valence-electron chi connectivity index (χ2n) is 6.84. The lowest BCUT2D eigenvalue weighted by molar-refractivity contribution is 0.0732. The SMILES string of the molecule is C#CCOc1ccc(CCNC(=NC)NCC2(CCOC)CCC2)cc1.I. The van der Waals surface area contributed by atoms with Gasteiger partial charge in [0.1, 0.15) is 12.4 Å². The van der Waals surface area contributed by atoms with Crippen LogP contribution >= 0.6 is 24.0 Å². The highest BCUT2D eigenvalue weighted by Crippen LogP contribution is 2.43. The molecule has 150 valence electrons. The van der Waals surface area contributed by atoms with E-state index in [1.165, 1.54) is 24.8 Å². The van der Waals surface area contributed by atoms with E-state index in [9.17, 15) is 0 Å². The van der Waals surface area contributed by atoms with Gasteiger partial charge in [0.2, 0.25) is 0 Å². The Morgan fingerprint density at radius 3 is 2.56 bits per heavy atom. The zero-order chi connectivity index (χ0) is 18.7. The van der Waals surface area contributed by atoms with Crippen LogP contribution < -0.4 is 15.4 Å². The molecule has 0 bridgehead atoms. The second kappa shape index (κ2) is 12.8. The Bertz CT molecular complexity index is 607. The van der Waals surface area contributed by atoms with Crippen LogP contribution in [-0.4, -0.2) is 46.4 Å². The third kappa shape index (κ3) is 7.97. The first kappa shape index (κ1) is 23.6. The molecule has 1 aromatic rings. The average Bonchev–Trinajstić information content (AvgIpc) is 2.64. The lowest BCUT2D eigenvalue weighted by Crippen LogP contribution is -2.47. The van der Waals surface area contributed by atoms with Gasteiger partial charge in [0.25, 0.3) is 0 Å². The summed E-state index contributed by atoms with van der Waals surface area (Å²) in [5.41, 5.74) is 1.62. The van der Waals surface area contributed by atoms with Crippen molar-refractivity contribution in [1.29, 1.82) is 0 Å². The van der Waals surface area contributed by atoms with E-state index < -0.39 is 0 Å². The van der Waals surface area contributed by atoms with E-state index in [2.05, 4.69) is 33.7 Å². The highest BCUT2D eigenvalue weighted by molar-refractivity contribution is 14.0. The number of nitrogens with zero attached hydrogens (tertiary/aromatic N) is 1. The molecule has 0 unspecified atom stereocenters. The maximum absolute atomic E-state index is 5.39. The van der Waals surface area contributed by atoms with Gasteiger partial charge < -0.3 is 20.1 Å². The minimum atomic E-state index is 0. The first-order chi connectivity index (χ1) is 12.7. The van der Waals surface area contributed by atoms with E-state index in [0.29, 0.717) is 12.0 Å². The van der Waals surface area contributed by atoms with Crippen LogP contribution in [0, 0.1) is 17.8 Å². The molecule has 1 fully saturated rings. The van der Waals surface area contributed by atoms with Crippen LogP contribution in [0.15, 0.2) is 29.3 Å². The molecule has 0 spiro atoms. The fourth-order valence-electron chi connectivity index (χ4n) is 3.20. The van der Waals surface area contributed by atoms with Crippen molar-refractivity contribution in [2.24, 2.45) is 10.4 Å². The monoisotopic (exact) mass is 485 g/mol. The summed E-state index contributed by atoms with van der Waals surface area (Å²) in [5.74, 6) is 4.13. The number of aliphatic imine (C=N–C) groups is 1. The Morgan fingerprint density at radius 1 is 1.26 bits per heavy atom. The summed E-state index contributed by atoms with van der Waals surface area (Å²) < 4.78 is 10.6. The van der Waals surface area contributed by atoms with E-state index in [1.807, 2.05) is 19.2 Å². The van der Waals surface area contributed by atoms with Crippen molar-refractivity contribution in [3.8, 4) is 18.1 Å². The van der Waals surface area contributed by atoms with Gasteiger partial charge in [-0.25, -0.2) is 0 Å². The molecule has 5 nitrogen and oxygen atoms in total. The van der Waals surface area contributed by atoms with Gasteiger partial charge in [-0.15, -0.1) is 30.4 Å². The van der Waals surface area contributed by atoms with Gasteiger partial charge in [0, 0.05) is 33.9 Å². The number of hydrogen-bond donors (Lipinski definition) is 2. The van der Waals surface area contributed by atoms with E-state index in [-0.39, 0.29) is 24.0 Å². The van der Waals surface area contributed by atoms with Crippen molar-refractivity contribution < 1.29 is 9.47 Å². The van der Waals surface area contributed by atoms with Gasteiger partial charge in [0.05, 0.1) is 0 Å². The summed E-state index contributed by atoms with van der Waals surface area (Å²) in [4.78, 5) is 4.33. The molecule has 0 atom stereocenters. The number of rotatable bonds is 10. The van der Waals surface area contributed by atoms with Gasteiger partial charge in [-0.3, -0.25) is 4.99 Å². The van der Waals surface area contributed by atoms with Crippen LogP contribution in [0.5, 0.6) is 5.75 Å². The molecule has 0 radical (unpaired) electrons. The lowest BCUT2D eigenvalue weighted by Gasteiger charge is -2.42. The van der Waals surface area contributed by atoms with Crippen molar-refractivity contribution in [3.05, 3.63) is 29.8 Å². The van der Waals surface area contributed by atoms with Crippen molar-refractivity contribution >= 4 is 29.9 Å². The third-order valence-corrected chi connectivity index (χ3v) is 5.06. The molecule has 6 heteroatoms. The third-order valence-electron chi connectivity index (χ3n) is 5.06. The predicted molar refractivity (Wildman–Crippen MR) is 122 cm³/mol. The number of nitrogens with one attached hydrogen (secondary N) is 2.